The fourth-order valence-electron chi connectivity index (χ4n) is 3.16. The van der Waals surface area contributed by atoms with Crippen LogP contribution in [0.15, 0.2) is 59.0 Å². The largest absolute Gasteiger partial charge is 0.439 e. The summed E-state index contributed by atoms with van der Waals surface area (Å²) in [6, 6.07) is 17.5. The van der Waals surface area contributed by atoms with Gasteiger partial charge in [0, 0.05) is 16.7 Å². The van der Waals surface area contributed by atoms with Gasteiger partial charge in [0.1, 0.15) is 5.76 Å². The van der Waals surface area contributed by atoms with Crippen LogP contribution in [-0.4, -0.2) is 11.3 Å². The third-order valence-corrected chi connectivity index (χ3v) is 4.10. The Kier molecular flexibility index (Phi) is 3.14. The molecule has 0 amide bonds. The minimum absolute atomic E-state index is 0.0326. The summed E-state index contributed by atoms with van der Waals surface area (Å²) < 4.78 is 6.15. The average Bonchev–Trinajstić information content (AvgIpc) is 3.05. The van der Waals surface area contributed by atoms with Crippen molar-refractivity contribution in [3.8, 4) is 22.5 Å². The molecule has 1 N–H and O–H groups in total. The van der Waals surface area contributed by atoms with Crippen molar-refractivity contribution in [2.45, 2.75) is 26.3 Å². The van der Waals surface area contributed by atoms with Gasteiger partial charge in [-0.05, 0) is 26.3 Å². The van der Waals surface area contributed by atoms with E-state index in [1.807, 2.05) is 54.6 Å². The van der Waals surface area contributed by atoms with Gasteiger partial charge in [0.2, 0.25) is 5.88 Å². The average molecular weight is 317 g/mol. The first-order valence-electron chi connectivity index (χ1n) is 8.10. The number of nitrogens with one attached hydrogen (secondary N) is 1. The summed E-state index contributed by atoms with van der Waals surface area (Å²) in [5.74, 6) is 1.33. The minimum Gasteiger partial charge on any atom is -0.439 e. The summed E-state index contributed by atoms with van der Waals surface area (Å²) in [5, 5.41) is 3.41. The minimum atomic E-state index is -0.167. The molecule has 1 aromatic heterocycles. The number of fused-ring (bicyclic) bond motifs is 3. The fourth-order valence-corrected chi connectivity index (χ4v) is 3.16. The van der Waals surface area contributed by atoms with Crippen molar-refractivity contribution in [2.24, 2.45) is 0 Å². The number of hydrogen-bond acceptors (Lipinski definition) is 3. The molecule has 0 saturated heterocycles. The van der Waals surface area contributed by atoms with Gasteiger partial charge in [-0.2, -0.15) is 0 Å². The molecule has 1 aliphatic carbocycles. The zero-order chi connectivity index (χ0) is 16.9. The Morgan fingerprint density at radius 1 is 0.833 bits per heavy atom. The second-order valence-electron chi connectivity index (χ2n) is 7.13. The number of furan rings is 1. The molecule has 1 aliphatic rings. The highest BCUT2D eigenvalue weighted by Gasteiger charge is 2.36. The lowest BCUT2D eigenvalue weighted by atomic mass is 10.0. The molecule has 3 heteroatoms. The lowest BCUT2D eigenvalue weighted by molar-refractivity contribution is 0.104. The summed E-state index contributed by atoms with van der Waals surface area (Å²) in [6.07, 6.45) is 0. The monoisotopic (exact) mass is 317 g/mol. The van der Waals surface area contributed by atoms with Crippen molar-refractivity contribution in [3.63, 3.8) is 0 Å². The van der Waals surface area contributed by atoms with Crippen LogP contribution in [0.5, 0.6) is 0 Å². The zero-order valence-corrected chi connectivity index (χ0v) is 14.0. The number of carbonyl (C=O) groups excluding carboxylic acids is 1. The van der Waals surface area contributed by atoms with E-state index in [9.17, 15) is 4.79 Å². The van der Waals surface area contributed by atoms with E-state index in [-0.39, 0.29) is 11.3 Å². The summed E-state index contributed by atoms with van der Waals surface area (Å²) in [5.41, 5.74) is 3.97. The molecule has 0 fully saturated rings. The van der Waals surface area contributed by atoms with E-state index in [4.69, 9.17) is 4.42 Å². The highest BCUT2D eigenvalue weighted by Crippen LogP contribution is 2.48. The molecule has 2 aromatic carbocycles. The molecule has 0 atom stereocenters. The molecule has 0 spiro atoms. The van der Waals surface area contributed by atoms with Gasteiger partial charge < -0.3 is 9.73 Å². The Morgan fingerprint density at radius 2 is 1.46 bits per heavy atom. The SMILES string of the molecule is CC(C)(C)Nc1oc(-c2ccccc2)c2c1-c1ccccc1C2=O. The van der Waals surface area contributed by atoms with Crippen LogP contribution < -0.4 is 5.32 Å². The topological polar surface area (TPSA) is 42.2 Å². The van der Waals surface area contributed by atoms with E-state index in [1.54, 1.807) is 0 Å². The van der Waals surface area contributed by atoms with Crippen molar-refractivity contribution < 1.29 is 9.21 Å². The van der Waals surface area contributed by atoms with Crippen LogP contribution in [0.25, 0.3) is 22.5 Å². The molecular formula is C21H19NO2. The maximum atomic E-state index is 13.0. The normalized spacial score (nSPS) is 12.9. The number of carbonyl (C=O) groups is 1. The van der Waals surface area contributed by atoms with E-state index >= 15 is 0 Å². The maximum Gasteiger partial charge on any atom is 0.202 e. The number of hydrogen-bond donors (Lipinski definition) is 1. The Hall–Kier alpha value is -2.81. The number of ketones is 1. The van der Waals surface area contributed by atoms with Crippen LogP contribution in [0.1, 0.15) is 36.7 Å². The lowest BCUT2D eigenvalue weighted by Gasteiger charge is -2.20. The van der Waals surface area contributed by atoms with Gasteiger partial charge in [0.15, 0.2) is 5.78 Å². The first-order valence-corrected chi connectivity index (χ1v) is 8.10. The quantitative estimate of drug-likeness (QED) is 0.540. The van der Waals surface area contributed by atoms with Crippen LogP contribution in [0.2, 0.25) is 0 Å². The molecule has 0 saturated carbocycles. The molecule has 4 rings (SSSR count). The van der Waals surface area contributed by atoms with Gasteiger partial charge in [0.25, 0.3) is 0 Å². The molecule has 0 unspecified atom stereocenters. The number of benzene rings is 2. The third kappa shape index (κ3) is 2.24. The number of rotatable bonds is 2. The summed E-state index contributed by atoms with van der Waals surface area (Å²) in [4.78, 5) is 13.0. The van der Waals surface area contributed by atoms with E-state index in [2.05, 4.69) is 26.1 Å². The molecule has 0 radical (unpaired) electrons. The van der Waals surface area contributed by atoms with Gasteiger partial charge in [-0.15, -0.1) is 0 Å². The molecule has 120 valence electrons. The predicted molar refractivity (Wildman–Crippen MR) is 96.4 cm³/mol. The smallest absolute Gasteiger partial charge is 0.202 e. The molecular weight excluding hydrogens is 298 g/mol. The highest BCUT2D eigenvalue weighted by molar-refractivity contribution is 6.26. The number of anilines is 1. The van der Waals surface area contributed by atoms with E-state index in [0.717, 1.165) is 22.3 Å². The first kappa shape index (κ1) is 14.8. The van der Waals surface area contributed by atoms with Crippen molar-refractivity contribution >= 4 is 11.7 Å². The Morgan fingerprint density at radius 3 is 2.12 bits per heavy atom. The summed E-state index contributed by atoms with van der Waals surface area (Å²) in [6.45, 7) is 6.23. The van der Waals surface area contributed by atoms with Gasteiger partial charge in [-0.1, -0.05) is 54.6 Å². The van der Waals surface area contributed by atoms with Crippen molar-refractivity contribution in [2.75, 3.05) is 5.32 Å². The molecule has 1 heterocycles. The third-order valence-electron chi connectivity index (χ3n) is 4.10. The van der Waals surface area contributed by atoms with Crippen LogP contribution in [0.3, 0.4) is 0 Å². The fraction of sp³-hybridized carbons (Fsp3) is 0.190. The Labute approximate surface area is 141 Å². The molecule has 0 aliphatic heterocycles. The lowest BCUT2D eigenvalue weighted by Crippen LogP contribution is -2.26. The second-order valence-corrected chi connectivity index (χ2v) is 7.13. The standard InChI is InChI=1S/C21H19NO2/c1-21(2,3)22-20-16-14-11-7-8-12-15(14)18(23)17(16)19(24-20)13-9-5-4-6-10-13/h4-12,22H,1-3H3. The van der Waals surface area contributed by atoms with Gasteiger partial charge in [-0.3, -0.25) is 4.79 Å². The van der Waals surface area contributed by atoms with Gasteiger partial charge >= 0.3 is 0 Å². The van der Waals surface area contributed by atoms with Gasteiger partial charge in [-0.25, -0.2) is 0 Å². The van der Waals surface area contributed by atoms with E-state index < -0.39 is 0 Å². The zero-order valence-electron chi connectivity index (χ0n) is 14.0. The molecule has 0 bridgehead atoms. The summed E-state index contributed by atoms with van der Waals surface area (Å²) in [7, 11) is 0. The maximum absolute atomic E-state index is 13.0. The first-order chi connectivity index (χ1) is 11.5. The highest BCUT2D eigenvalue weighted by atomic mass is 16.4. The van der Waals surface area contributed by atoms with Crippen molar-refractivity contribution in [1.82, 2.24) is 0 Å². The van der Waals surface area contributed by atoms with Crippen LogP contribution in [0, 0.1) is 0 Å². The predicted octanol–water partition coefficient (Wildman–Crippen LogP) is 5.37. The Bertz CT molecular complexity index is 930. The van der Waals surface area contributed by atoms with Crippen molar-refractivity contribution in [3.05, 3.63) is 65.7 Å². The summed E-state index contributed by atoms with van der Waals surface area (Å²) >= 11 is 0. The molecule has 24 heavy (non-hydrogen) atoms. The van der Waals surface area contributed by atoms with Crippen LogP contribution in [-0.2, 0) is 0 Å². The molecule has 3 aromatic rings. The molecule has 3 nitrogen and oxygen atoms in total. The second kappa shape index (κ2) is 5.10. The van der Waals surface area contributed by atoms with E-state index in [1.165, 1.54) is 0 Å². The van der Waals surface area contributed by atoms with E-state index in [0.29, 0.717) is 17.2 Å². The Balaban J connectivity index is 1.99. The van der Waals surface area contributed by atoms with Crippen LogP contribution in [0.4, 0.5) is 5.88 Å². The van der Waals surface area contributed by atoms with Crippen LogP contribution >= 0.6 is 0 Å². The van der Waals surface area contributed by atoms with Crippen molar-refractivity contribution in [1.29, 1.82) is 0 Å². The van der Waals surface area contributed by atoms with Gasteiger partial charge in [0.05, 0.1) is 11.1 Å².